The average molecular weight is 1140 g/mol. The summed E-state index contributed by atoms with van der Waals surface area (Å²) in [6.45, 7) is 3.79. The van der Waals surface area contributed by atoms with Crippen LogP contribution in [0.15, 0.2) is 88.2 Å². The van der Waals surface area contributed by atoms with Gasteiger partial charge in [-0.2, -0.15) is 13.6 Å². The number of benzene rings is 4. The topological polar surface area (TPSA) is 368 Å². The summed E-state index contributed by atoms with van der Waals surface area (Å²) in [5, 5.41) is 27.6. The first-order chi connectivity index (χ1) is 36.4. The number of nitrogens with zero attached hydrogens (tertiary/aromatic N) is 5. The van der Waals surface area contributed by atoms with Gasteiger partial charge in [0.2, 0.25) is 5.36 Å². The van der Waals surface area contributed by atoms with Crippen molar-refractivity contribution < 1.29 is 79.9 Å². The van der Waals surface area contributed by atoms with Crippen LogP contribution in [-0.2, 0) is 42.9 Å². The quantitative estimate of drug-likeness (QED) is 0.0110. The number of nitrogens with two attached hydrogens (primary N) is 1. The minimum absolute atomic E-state index is 0.108. The second kappa shape index (κ2) is 23.3. The summed E-state index contributed by atoms with van der Waals surface area (Å²) in [7, 11) is -9.39. The molecule has 0 spiro atoms. The van der Waals surface area contributed by atoms with Crippen molar-refractivity contribution in [1.29, 1.82) is 0 Å². The Balaban J connectivity index is 1.06. The predicted octanol–water partition coefficient (Wildman–Crippen LogP) is 5.24. The Morgan fingerprint density at radius 3 is 2.40 bits per heavy atom. The molecule has 4 aromatic rings. The highest BCUT2D eigenvalue weighted by Crippen LogP contribution is 2.66. The lowest BCUT2D eigenvalue weighted by atomic mass is 9.83. The molecule has 1 aromatic heterocycles. The van der Waals surface area contributed by atoms with Crippen LogP contribution < -0.4 is 31.6 Å². The smallest absolute Gasteiger partial charge is 0.456 e. The summed E-state index contributed by atoms with van der Waals surface area (Å²) >= 11 is 0. The van der Waals surface area contributed by atoms with Gasteiger partial charge in [0.15, 0.2) is 6.29 Å². The highest BCUT2D eigenvalue weighted by Gasteiger charge is 2.43. The Bertz CT molecular complexity index is 3650. The maximum atomic E-state index is 13.7. The Hall–Kier alpha value is -6.78. The summed E-state index contributed by atoms with van der Waals surface area (Å²) in [6, 6.07) is 20.6. The maximum Gasteiger partial charge on any atom is 0.490 e. The molecule has 29 heteroatoms. The minimum atomic E-state index is -5.83. The molecule has 1 fully saturated rings. The van der Waals surface area contributed by atoms with E-state index in [-0.39, 0.29) is 53.3 Å². The molecule has 414 valence electrons. The zero-order chi connectivity index (χ0) is 57.2. The van der Waals surface area contributed by atoms with Gasteiger partial charge in [-0.05, 0) is 53.4 Å². The van der Waals surface area contributed by atoms with E-state index in [0.717, 1.165) is 32.8 Å². The molecular weight excluding hydrogens is 1080 g/mol. The number of nitrogen functional groups attached to an aromatic ring is 1. The number of phosphoric acid groups is 3. The number of carbonyl (C=O) groups is 2. The monoisotopic (exact) mass is 1140 g/mol. The van der Waals surface area contributed by atoms with Gasteiger partial charge in [-0.3, -0.25) is 28.8 Å². The van der Waals surface area contributed by atoms with Crippen molar-refractivity contribution >= 4 is 63.8 Å². The van der Waals surface area contributed by atoms with E-state index in [1.54, 1.807) is 39.0 Å². The highest BCUT2D eigenvalue weighted by molar-refractivity contribution is 7.66. The molecule has 6 atom stereocenters. The third-order valence-corrected chi connectivity index (χ3v) is 15.9. The molecule has 26 nitrogen and oxygen atoms in total. The number of amides is 1. The molecule has 1 saturated heterocycles. The minimum Gasteiger partial charge on any atom is -0.456 e. The van der Waals surface area contributed by atoms with Gasteiger partial charge in [-0.25, -0.2) is 23.1 Å². The average Bonchev–Trinajstić information content (AvgIpc) is 3.82. The second-order valence-corrected chi connectivity index (χ2v) is 23.7. The van der Waals surface area contributed by atoms with Gasteiger partial charge in [0, 0.05) is 89.4 Å². The van der Waals surface area contributed by atoms with Gasteiger partial charge in [-0.15, -0.1) is 0 Å². The van der Waals surface area contributed by atoms with E-state index in [2.05, 4.69) is 35.3 Å². The Labute approximate surface area is 444 Å². The molecule has 2 aliphatic heterocycles. The zero-order valence-corrected chi connectivity index (χ0v) is 45.5. The SMILES string of the molecule is CN(C)c1ccc2c(-c3cc(C(=O)NCC#Cc4ccc([C@@H](OCc5cn([C@H]6C[C@@H](O)[C@@H](COP(=O)(O)OP(=O)(O)OP(=O)(O)O)O6)c(=O)nc5N)C(C)(C)C)c([N+](=O)[O-])c4)ccc3C=O)c3ccc(=[N+](C)C)cc-3oc2c1. The number of rotatable bonds is 18. The van der Waals surface area contributed by atoms with Gasteiger partial charge < -0.3 is 54.5 Å². The summed E-state index contributed by atoms with van der Waals surface area (Å²) in [5.74, 6) is 5.51. The van der Waals surface area contributed by atoms with Crippen LogP contribution in [0.4, 0.5) is 17.2 Å². The summed E-state index contributed by atoms with van der Waals surface area (Å²) in [4.78, 5) is 93.8. The molecule has 8 N–H and O–H groups in total. The number of aliphatic hydroxyl groups is 1. The van der Waals surface area contributed by atoms with Crippen LogP contribution >= 0.6 is 23.5 Å². The van der Waals surface area contributed by atoms with Gasteiger partial charge >= 0.3 is 29.2 Å². The van der Waals surface area contributed by atoms with Crippen LogP contribution in [0.2, 0.25) is 0 Å². The van der Waals surface area contributed by atoms with Crippen molar-refractivity contribution in [2.45, 2.75) is 58.3 Å². The van der Waals surface area contributed by atoms with E-state index >= 15 is 0 Å². The van der Waals surface area contributed by atoms with Gasteiger partial charge in [0.05, 0.1) is 48.5 Å². The fraction of sp³-hybridized carbons (Fsp3) is 0.327. The standard InChI is InChI=1S/C49H54N7O19P3/c1-49(2,3)45(70-26-31-24-55(48(60)52-46(31)50)43-23-39(58)42(73-43)27-71-77(66,67)75-78(68,69)74-76(63,64)65)34-15-10-28(19-38(34)56(61)62)9-8-18-51-47(59)29-11-12-30(25-57)37(20-29)44-35-16-13-32(53(4)5)21-40(35)72-41-22-33(54(6)7)14-17-36(41)44/h10-17,19-22,24-25,39,42-43,45,58H,18,23,26-27H2,1-7H3,(H6-,50,51,52,59,60,63,64,65,66,67,68,69)/p+1/t39-,42-,43-,45-/m1/s1. The molecule has 78 heavy (non-hydrogen) atoms. The number of fused-ring (bicyclic) bond motifs is 2. The summed E-state index contributed by atoms with van der Waals surface area (Å²) in [5.41, 5.74) is 8.51. The molecule has 3 aliphatic rings. The number of ether oxygens (including phenoxy) is 2. The number of nitro groups is 1. The van der Waals surface area contributed by atoms with E-state index in [1.807, 2.05) is 74.1 Å². The van der Waals surface area contributed by atoms with Crippen LogP contribution in [0, 0.1) is 27.4 Å². The molecule has 3 aromatic carbocycles. The van der Waals surface area contributed by atoms with Crippen LogP contribution in [0.5, 0.6) is 0 Å². The molecule has 0 saturated carbocycles. The lowest BCUT2D eigenvalue weighted by Gasteiger charge is -2.31. The predicted molar refractivity (Wildman–Crippen MR) is 282 cm³/mol. The maximum absolute atomic E-state index is 13.7. The van der Waals surface area contributed by atoms with Crippen LogP contribution in [-0.4, -0.2) is 105 Å². The first kappa shape index (κ1) is 58.9. The number of aliphatic hydroxyl groups excluding tert-OH is 1. The lowest BCUT2D eigenvalue weighted by molar-refractivity contribution is -0.386. The molecule has 2 unspecified atom stereocenters. The second-order valence-electron chi connectivity index (χ2n) is 19.3. The number of aromatic nitrogens is 2. The van der Waals surface area contributed by atoms with Gasteiger partial charge in [0.1, 0.15) is 43.6 Å². The number of hydrogen-bond donors (Lipinski definition) is 7. The van der Waals surface area contributed by atoms with Crippen molar-refractivity contribution in [3.63, 3.8) is 0 Å². The van der Waals surface area contributed by atoms with Crippen molar-refractivity contribution in [2.24, 2.45) is 5.41 Å². The van der Waals surface area contributed by atoms with Gasteiger partial charge in [-0.1, -0.05) is 38.7 Å². The molecule has 1 amide bonds. The van der Waals surface area contributed by atoms with E-state index in [1.165, 1.54) is 24.4 Å². The van der Waals surface area contributed by atoms with Crippen LogP contribution in [0.25, 0.3) is 33.4 Å². The van der Waals surface area contributed by atoms with E-state index in [4.69, 9.17) is 29.4 Å². The molecular formula is C49H55N7O19P3+. The van der Waals surface area contributed by atoms with E-state index in [0.29, 0.717) is 28.0 Å². The first-order valence-corrected chi connectivity index (χ1v) is 27.9. The molecule has 3 heterocycles. The summed E-state index contributed by atoms with van der Waals surface area (Å²) < 4.78 is 68.1. The molecule has 0 radical (unpaired) electrons. The van der Waals surface area contributed by atoms with Gasteiger partial charge in [0.25, 0.3) is 11.6 Å². The first-order valence-electron chi connectivity index (χ1n) is 23.4. The van der Waals surface area contributed by atoms with E-state index in [9.17, 15) is 53.1 Å². The largest absolute Gasteiger partial charge is 0.490 e. The highest BCUT2D eigenvalue weighted by atomic mass is 31.3. The molecule has 1 aliphatic carbocycles. The lowest BCUT2D eigenvalue weighted by Crippen LogP contribution is -2.30. The van der Waals surface area contributed by atoms with Crippen molar-refractivity contribution in [2.75, 3.05) is 52.0 Å². The zero-order valence-electron chi connectivity index (χ0n) is 42.8. The Kier molecular flexibility index (Phi) is 17.6. The van der Waals surface area contributed by atoms with Crippen LogP contribution in [0.3, 0.4) is 0 Å². The normalized spacial score (nSPS) is 17.6. The number of nitrogens with one attached hydrogen (secondary N) is 1. The number of hydrogen-bond acceptors (Lipinski definition) is 18. The summed E-state index contributed by atoms with van der Waals surface area (Å²) in [6.07, 6.45) is -3.64. The fourth-order valence-electron chi connectivity index (χ4n) is 8.43. The molecule has 0 bridgehead atoms. The van der Waals surface area contributed by atoms with Crippen molar-refractivity contribution in [1.82, 2.24) is 19.4 Å². The number of carbonyl (C=O) groups excluding carboxylic acids is 2. The van der Waals surface area contributed by atoms with Crippen LogP contribution in [0.1, 0.15) is 76.9 Å². The fourth-order valence-corrected chi connectivity index (χ4v) is 11.5. The van der Waals surface area contributed by atoms with Crippen molar-refractivity contribution in [3.8, 4) is 34.3 Å². The van der Waals surface area contributed by atoms with E-state index < -0.39 is 76.5 Å². The number of phosphoric ester groups is 1. The number of nitro benzene ring substituents is 1. The third-order valence-electron chi connectivity index (χ3n) is 12.1. The molecule has 7 rings (SSSR count). The Morgan fingerprint density at radius 2 is 1.74 bits per heavy atom. The third kappa shape index (κ3) is 14.1. The number of aldehydes is 1. The van der Waals surface area contributed by atoms with Crippen molar-refractivity contribution in [3.05, 3.63) is 133 Å². The Morgan fingerprint density at radius 1 is 1.01 bits per heavy atom. The number of anilines is 2.